The Kier molecular flexibility index (Phi) is 17.8. The maximum Gasteiger partial charge on any atom is 0.412 e. The van der Waals surface area contributed by atoms with Crippen molar-refractivity contribution >= 4 is 43.0 Å². The summed E-state index contributed by atoms with van der Waals surface area (Å²) in [6, 6.07) is 5.40. The van der Waals surface area contributed by atoms with Gasteiger partial charge >= 0.3 is 6.09 Å². The summed E-state index contributed by atoms with van der Waals surface area (Å²) in [6.45, 7) is 12.6. The number of aliphatic hydroxyl groups is 1. The Labute approximate surface area is 338 Å². The molecule has 3 heterocycles. The fraction of sp³-hybridized carbons (Fsp3) is 0.683. The lowest BCUT2D eigenvalue weighted by molar-refractivity contribution is -0.384. The molecule has 3 N–H and O–H groups in total. The standard InChI is InChI=1S/C41H65N7O8Si/c1-7-8-9-10-11-12-13-14-15-16-17-18-19-20-33(50)45-34-32(27-49)55-39(36(34)56-57(5,6)41(2,3)4)47-29-44-35-37(42-28-43-38(35)47)46-40(51)54-26-25-30-21-23-31(24-22-30)48(52)53/h21-24,28-29,32,34,36,39,49H,7-20,25-27H2,1-6H3,(H,45,50)(H,42,43,46,51)/t32-,34-,36-,39-/m1/s1. The van der Waals surface area contributed by atoms with Crippen LogP contribution in [-0.4, -0.2) is 81.3 Å². The Bertz CT molecular complexity index is 1720. The molecule has 0 bridgehead atoms. The minimum atomic E-state index is -2.45. The first kappa shape index (κ1) is 45.7. The van der Waals surface area contributed by atoms with Crippen LogP contribution in [0.25, 0.3) is 11.2 Å². The minimum Gasteiger partial charge on any atom is -0.449 e. The van der Waals surface area contributed by atoms with Gasteiger partial charge in [0.25, 0.3) is 5.69 Å². The summed E-state index contributed by atoms with van der Waals surface area (Å²) in [5.41, 5.74) is 1.40. The molecule has 2 amide bonds. The number of carbonyl (C=O) groups is 2. The van der Waals surface area contributed by atoms with E-state index >= 15 is 0 Å². The smallest absolute Gasteiger partial charge is 0.412 e. The number of carbonyl (C=O) groups excluding carboxylic acids is 2. The third kappa shape index (κ3) is 13.5. The van der Waals surface area contributed by atoms with E-state index in [1.165, 1.54) is 89.0 Å². The van der Waals surface area contributed by atoms with Crippen LogP contribution in [0.2, 0.25) is 18.1 Å². The Hall–Kier alpha value is -3.99. The summed E-state index contributed by atoms with van der Waals surface area (Å²) >= 11 is 0. The monoisotopic (exact) mass is 811 g/mol. The van der Waals surface area contributed by atoms with E-state index in [9.17, 15) is 24.8 Å². The number of unbranched alkanes of at least 4 members (excludes halogenated alkanes) is 12. The molecule has 0 saturated carbocycles. The number of aliphatic hydroxyl groups excluding tert-OH is 1. The maximum absolute atomic E-state index is 13.4. The lowest BCUT2D eigenvalue weighted by atomic mass is 10.0. The number of nitro benzene ring substituents is 1. The highest BCUT2D eigenvalue weighted by Crippen LogP contribution is 2.42. The zero-order valence-electron chi connectivity index (χ0n) is 34.8. The molecule has 0 radical (unpaired) electrons. The van der Waals surface area contributed by atoms with Crippen LogP contribution < -0.4 is 10.6 Å². The molecular weight excluding hydrogens is 747 g/mol. The van der Waals surface area contributed by atoms with Gasteiger partial charge in [-0.2, -0.15) is 0 Å². The fourth-order valence-corrected chi connectivity index (χ4v) is 8.10. The SMILES string of the molecule is CCCCCCCCCCCCCCCC(=O)N[C@H]1[C@@H](O[Si](C)(C)C(C)(C)C)[C@H](n2cnc3c(NC(=O)OCCc4ccc([N+](=O)[O-])cc4)ncnc32)O[C@@H]1CO. The molecule has 1 saturated heterocycles. The highest BCUT2D eigenvalue weighted by Gasteiger charge is 2.51. The van der Waals surface area contributed by atoms with E-state index in [1.807, 2.05) is 0 Å². The number of hydrogen-bond donors (Lipinski definition) is 3. The Morgan fingerprint density at radius 3 is 2.14 bits per heavy atom. The molecule has 0 unspecified atom stereocenters. The van der Waals surface area contributed by atoms with Gasteiger partial charge < -0.3 is 24.3 Å². The predicted molar refractivity (Wildman–Crippen MR) is 222 cm³/mol. The quantitative estimate of drug-likeness (QED) is 0.0339. The van der Waals surface area contributed by atoms with E-state index in [0.29, 0.717) is 18.5 Å². The summed E-state index contributed by atoms with van der Waals surface area (Å²) in [6.07, 6.45) is 16.5. The van der Waals surface area contributed by atoms with Gasteiger partial charge in [0.15, 0.2) is 31.5 Å². The third-order valence-electron chi connectivity index (χ3n) is 11.2. The highest BCUT2D eigenvalue weighted by atomic mass is 28.4. The number of hydrogen-bond acceptors (Lipinski definition) is 11. The number of fused-ring (bicyclic) bond motifs is 1. The van der Waals surface area contributed by atoms with E-state index in [0.717, 1.165) is 24.8 Å². The molecule has 4 rings (SSSR count). The number of nitrogens with zero attached hydrogens (tertiary/aromatic N) is 5. The number of aromatic nitrogens is 4. The summed E-state index contributed by atoms with van der Waals surface area (Å²) in [4.78, 5) is 49.8. The molecule has 1 fully saturated rings. The van der Waals surface area contributed by atoms with Gasteiger partial charge in [-0.1, -0.05) is 117 Å². The van der Waals surface area contributed by atoms with E-state index in [2.05, 4.69) is 66.4 Å². The molecule has 57 heavy (non-hydrogen) atoms. The largest absolute Gasteiger partial charge is 0.449 e. The topological polar surface area (TPSA) is 193 Å². The first-order chi connectivity index (χ1) is 27.3. The van der Waals surface area contributed by atoms with E-state index in [1.54, 1.807) is 16.7 Å². The van der Waals surface area contributed by atoms with Crippen molar-refractivity contribution in [3.05, 3.63) is 52.6 Å². The Morgan fingerprint density at radius 2 is 1.56 bits per heavy atom. The number of anilines is 1. The number of nitro groups is 1. The van der Waals surface area contributed by atoms with E-state index < -0.39 is 43.8 Å². The second kappa shape index (κ2) is 22.2. The number of ether oxygens (including phenoxy) is 2. The second-order valence-electron chi connectivity index (χ2n) is 16.7. The second-order valence-corrected chi connectivity index (χ2v) is 21.4. The summed E-state index contributed by atoms with van der Waals surface area (Å²) in [7, 11) is -2.45. The molecule has 316 valence electrons. The Balaban J connectivity index is 1.37. The van der Waals surface area contributed by atoms with Crippen LogP contribution in [0.5, 0.6) is 0 Å². The predicted octanol–water partition coefficient (Wildman–Crippen LogP) is 8.77. The number of amides is 2. The molecule has 1 aliphatic heterocycles. The average molecular weight is 812 g/mol. The zero-order valence-corrected chi connectivity index (χ0v) is 35.8. The van der Waals surface area contributed by atoms with Crippen LogP contribution in [0.1, 0.15) is 129 Å². The van der Waals surface area contributed by atoms with Gasteiger partial charge in [0, 0.05) is 25.0 Å². The molecule has 1 aliphatic rings. The van der Waals surface area contributed by atoms with Gasteiger partial charge in [0.1, 0.15) is 18.5 Å². The normalized spacial score (nSPS) is 18.5. The maximum atomic E-state index is 13.4. The van der Waals surface area contributed by atoms with Crippen molar-refractivity contribution in [2.24, 2.45) is 0 Å². The molecule has 0 aliphatic carbocycles. The van der Waals surface area contributed by atoms with Gasteiger partial charge in [-0.15, -0.1) is 0 Å². The molecule has 16 heteroatoms. The number of benzene rings is 1. The van der Waals surface area contributed by atoms with Crippen LogP contribution in [-0.2, 0) is 25.1 Å². The molecule has 4 atom stereocenters. The molecule has 15 nitrogen and oxygen atoms in total. The van der Waals surface area contributed by atoms with Crippen molar-refractivity contribution in [1.29, 1.82) is 0 Å². The zero-order chi connectivity index (χ0) is 41.4. The number of non-ortho nitro benzene ring substituents is 1. The lowest BCUT2D eigenvalue weighted by Gasteiger charge is -2.40. The van der Waals surface area contributed by atoms with Crippen LogP contribution in [0.3, 0.4) is 0 Å². The van der Waals surface area contributed by atoms with Crippen LogP contribution in [0.15, 0.2) is 36.9 Å². The van der Waals surface area contributed by atoms with Gasteiger partial charge in [-0.3, -0.25) is 24.8 Å². The Morgan fingerprint density at radius 1 is 0.947 bits per heavy atom. The summed E-state index contributed by atoms with van der Waals surface area (Å²) in [5, 5.41) is 27.1. The van der Waals surface area contributed by atoms with Crippen molar-refractivity contribution in [2.45, 2.75) is 167 Å². The summed E-state index contributed by atoms with van der Waals surface area (Å²) in [5.74, 6) is 0.0197. The van der Waals surface area contributed by atoms with Crippen LogP contribution in [0, 0.1) is 10.1 Å². The van der Waals surface area contributed by atoms with Gasteiger partial charge in [-0.05, 0) is 30.1 Å². The first-order valence-corrected chi connectivity index (χ1v) is 23.7. The molecule has 3 aromatic rings. The van der Waals surface area contributed by atoms with Crippen LogP contribution in [0.4, 0.5) is 16.3 Å². The van der Waals surface area contributed by atoms with Gasteiger partial charge in [-0.25, -0.2) is 19.7 Å². The highest BCUT2D eigenvalue weighted by molar-refractivity contribution is 6.74. The van der Waals surface area contributed by atoms with Crippen molar-refractivity contribution in [1.82, 2.24) is 24.8 Å². The summed E-state index contributed by atoms with van der Waals surface area (Å²) < 4.78 is 20.5. The lowest BCUT2D eigenvalue weighted by Crippen LogP contribution is -2.54. The van der Waals surface area contributed by atoms with Crippen molar-refractivity contribution < 1.29 is 33.5 Å². The van der Waals surface area contributed by atoms with Gasteiger partial charge in [0.2, 0.25) is 5.91 Å². The van der Waals surface area contributed by atoms with Crippen LogP contribution >= 0.6 is 0 Å². The minimum absolute atomic E-state index is 0.0159. The third-order valence-corrected chi connectivity index (χ3v) is 15.7. The molecule has 1 aromatic carbocycles. The average Bonchev–Trinajstić information content (AvgIpc) is 3.74. The van der Waals surface area contributed by atoms with Crippen molar-refractivity contribution in [3.8, 4) is 0 Å². The van der Waals surface area contributed by atoms with E-state index in [4.69, 9.17) is 13.9 Å². The van der Waals surface area contributed by atoms with Crippen molar-refractivity contribution in [3.63, 3.8) is 0 Å². The number of nitrogens with one attached hydrogen (secondary N) is 2. The number of imidazole rings is 1. The van der Waals surface area contributed by atoms with E-state index in [-0.39, 0.29) is 41.2 Å². The molecule has 0 spiro atoms. The fourth-order valence-electron chi connectivity index (χ4n) is 6.80. The van der Waals surface area contributed by atoms with Gasteiger partial charge in [0.05, 0.1) is 30.5 Å². The molecule has 2 aromatic heterocycles. The molecular formula is C41H65N7O8Si. The number of rotatable bonds is 24. The van der Waals surface area contributed by atoms with Crippen molar-refractivity contribution in [2.75, 3.05) is 18.5 Å². The first-order valence-electron chi connectivity index (χ1n) is 20.8.